The lowest BCUT2D eigenvalue weighted by Gasteiger charge is -2.20. The Morgan fingerprint density at radius 3 is 2.03 bits per heavy atom. The lowest BCUT2D eigenvalue weighted by atomic mass is 10.1. The summed E-state index contributed by atoms with van der Waals surface area (Å²) in [5.74, 6) is 0.518. The number of halogens is 1. The van der Waals surface area contributed by atoms with Crippen LogP contribution in [0.2, 0.25) is 0 Å². The van der Waals surface area contributed by atoms with E-state index in [2.05, 4.69) is 53.0 Å². The van der Waals surface area contributed by atoms with E-state index in [4.69, 9.17) is 4.98 Å². The second kappa shape index (κ2) is 8.27. The van der Waals surface area contributed by atoms with Crippen LogP contribution in [0.25, 0.3) is 33.9 Å². The summed E-state index contributed by atoms with van der Waals surface area (Å²) in [4.78, 5) is 14.7. The van der Waals surface area contributed by atoms with Crippen molar-refractivity contribution in [3.63, 3.8) is 0 Å². The molecule has 146 valence electrons. The van der Waals surface area contributed by atoms with Crippen LogP contribution < -0.4 is 4.90 Å². The van der Waals surface area contributed by atoms with Gasteiger partial charge in [-0.05, 0) is 74.5 Å². The van der Waals surface area contributed by atoms with E-state index < -0.39 is 0 Å². The highest BCUT2D eigenvalue weighted by Gasteiger charge is 2.15. The van der Waals surface area contributed by atoms with E-state index in [0.29, 0.717) is 0 Å². The van der Waals surface area contributed by atoms with Gasteiger partial charge in [0.2, 0.25) is 0 Å². The predicted octanol–water partition coefficient (Wildman–Crippen LogP) is 5.79. The fourth-order valence-corrected chi connectivity index (χ4v) is 3.47. The van der Waals surface area contributed by atoms with Crippen LogP contribution >= 0.6 is 0 Å². The number of anilines is 1. The van der Waals surface area contributed by atoms with Gasteiger partial charge in [-0.15, -0.1) is 0 Å². The number of nitrogens with one attached hydrogen (secondary N) is 1. The quantitative estimate of drug-likeness (QED) is 0.456. The molecule has 0 aliphatic carbocycles. The molecule has 0 aliphatic rings. The summed E-state index contributed by atoms with van der Waals surface area (Å²) in [5.41, 5.74) is 5.72. The topological polar surface area (TPSA) is 44.8 Å². The fourth-order valence-electron chi connectivity index (χ4n) is 3.47. The number of aromatic amines is 1. The van der Waals surface area contributed by atoms with Crippen LogP contribution in [0.5, 0.6) is 0 Å². The van der Waals surface area contributed by atoms with Crippen LogP contribution in [-0.4, -0.2) is 28.0 Å². The van der Waals surface area contributed by atoms with Crippen LogP contribution in [0.1, 0.15) is 13.8 Å². The molecule has 4 aromatic rings. The van der Waals surface area contributed by atoms with Crippen LogP contribution in [0, 0.1) is 5.82 Å². The maximum absolute atomic E-state index is 13.4. The highest BCUT2D eigenvalue weighted by atomic mass is 19.1. The van der Waals surface area contributed by atoms with Crippen LogP contribution in [0.3, 0.4) is 0 Å². The van der Waals surface area contributed by atoms with Gasteiger partial charge in [0, 0.05) is 47.9 Å². The molecule has 0 fully saturated rings. The Hall–Kier alpha value is -3.47. The lowest BCUT2D eigenvalue weighted by Crippen LogP contribution is -2.21. The molecule has 0 amide bonds. The second-order valence-corrected chi connectivity index (χ2v) is 6.77. The van der Waals surface area contributed by atoms with E-state index in [-0.39, 0.29) is 5.82 Å². The van der Waals surface area contributed by atoms with Gasteiger partial charge >= 0.3 is 0 Å². The van der Waals surface area contributed by atoms with Crippen molar-refractivity contribution >= 4 is 5.69 Å². The highest BCUT2D eigenvalue weighted by Crippen LogP contribution is 2.33. The molecule has 0 spiro atoms. The smallest absolute Gasteiger partial charge is 0.138 e. The molecule has 2 aromatic heterocycles. The fraction of sp³-hybridized carbons (Fsp3) is 0.167. The van der Waals surface area contributed by atoms with Crippen LogP contribution in [-0.2, 0) is 0 Å². The van der Waals surface area contributed by atoms with E-state index in [0.717, 1.165) is 47.0 Å². The number of nitrogens with zero attached hydrogens (tertiary/aromatic N) is 3. The second-order valence-electron chi connectivity index (χ2n) is 6.77. The van der Waals surface area contributed by atoms with Crippen LogP contribution in [0.15, 0.2) is 73.1 Å². The largest absolute Gasteiger partial charge is 0.372 e. The highest BCUT2D eigenvalue weighted by molar-refractivity contribution is 5.81. The van der Waals surface area contributed by atoms with Gasteiger partial charge in [0.05, 0.1) is 11.4 Å². The summed E-state index contributed by atoms with van der Waals surface area (Å²) >= 11 is 0. The van der Waals surface area contributed by atoms with Crippen molar-refractivity contribution in [3.05, 3.63) is 78.9 Å². The summed E-state index contributed by atoms with van der Waals surface area (Å²) < 4.78 is 13.4. The molecule has 2 heterocycles. The molecular weight excluding hydrogens is 363 g/mol. The predicted molar refractivity (Wildman–Crippen MR) is 116 cm³/mol. The third kappa shape index (κ3) is 3.90. The molecule has 0 bridgehead atoms. The van der Waals surface area contributed by atoms with E-state index >= 15 is 0 Å². The van der Waals surface area contributed by atoms with Gasteiger partial charge < -0.3 is 9.88 Å². The average molecular weight is 386 g/mol. The standard InChI is InChI=1S/C24H23FN4/c1-3-29(4-2)21-11-7-19(8-12-21)24-27-22(17-5-9-20(25)10-6-17)23(28-24)18-13-15-26-16-14-18/h5-16H,3-4H2,1-2H3,(H,27,28). The number of hydrogen-bond donors (Lipinski definition) is 1. The molecule has 2 aromatic carbocycles. The monoisotopic (exact) mass is 386 g/mol. The van der Waals surface area contributed by atoms with Crippen molar-refractivity contribution in [2.45, 2.75) is 13.8 Å². The first-order valence-electron chi connectivity index (χ1n) is 9.81. The number of imidazole rings is 1. The molecule has 29 heavy (non-hydrogen) atoms. The van der Waals surface area contributed by atoms with Crippen molar-refractivity contribution in [2.24, 2.45) is 0 Å². The van der Waals surface area contributed by atoms with Crippen LogP contribution in [0.4, 0.5) is 10.1 Å². The molecule has 4 rings (SSSR count). The van der Waals surface area contributed by atoms with Crippen molar-refractivity contribution in [1.29, 1.82) is 0 Å². The Morgan fingerprint density at radius 2 is 1.41 bits per heavy atom. The number of benzene rings is 2. The molecular formula is C24H23FN4. The SMILES string of the molecule is CCN(CC)c1ccc(-c2nc(-c3ccc(F)cc3)c(-c3ccncc3)[nH]2)cc1. The average Bonchev–Trinajstić information content (AvgIpc) is 3.22. The Balaban J connectivity index is 1.78. The van der Waals surface area contributed by atoms with E-state index in [1.807, 2.05) is 12.1 Å². The summed E-state index contributed by atoms with van der Waals surface area (Å²) in [5, 5.41) is 0. The molecule has 0 radical (unpaired) electrons. The number of aromatic nitrogens is 3. The van der Waals surface area contributed by atoms with Gasteiger partial charge in [0.15, 0.2) is 0 Å². The third-order valence-electron chi connectivity index (χ3n) is 5.06. The molecule has 5 heteroatoms. The number of pyridine rings is 1. The van der Waals surface area contributed by atoms with Gasteiger partial charge in [-0.3, -0.25) is 4.98 Å². The molecule has 0 saturated heterocycles. The summed E-state index contributed by atoms with van der Waals surface area (Å²) in [7, 11) is 0. The lowest BCUT2D eigenvalue weighted by molar-refractivity contribution is 0.628. The van der Waals surface area contributed by atoms with E-state index in [1.54, 1.807) is 24.5 Å². The minimum Gasteiger partial charge on any atom is -0.372 e. The Labute approximate surface area is 170 Å². The van der Waals surface area contributed by atoms with Gasteiger partial charge in [0.25, 0.3) is 0 Å². The molecule has 0 atom stereocenters. The Morgan fingerprint density at radius 1 is 0.793 bits per heavy atom. The zero-order chi connectivity index (χ0) is 20.2. The minimum absolute atomic E-state index is 0.262. The minimum atomic E-state index is -0.262. The molecule has 4 nitrogen and oxygen atoms in total. The van der Waals surface area contributed by atoms with Crippen molar-refractivity contribution in [1.82, 2.24) is 15.0 Å². The van der Waals surface area contributed by atoms with Gasteiger partial charge in [-0.25, -0.2) is 9.37 Å². The third-order valence-corrected chi connectivity index (χ3v) is 5.06. The van der Waals surface area contributed by atoms with Crippen molar-refractivity contribution < 1.29 is 4.39 Å². The molecule has 0 saturated carbocycles. The number of rotatable bonds is 6. The Kier molecular flexibility index (Phi) is 5.38. The normalized spacial score (nSPS) is 10.9. The van der Waals surface area contributed by atoms with Gasteiger partial charge in [-0.1, -0.05) is 0 Å². The first-order valence-corrected chi connectivity index (χ1v) is 9.81. The summed E-state index contributed by atoms with van der Waals surface area (Å²) in [6.07, 6.45) is 3.51. The molecule has 1 N–H and O–H groups in total. The van der Waals surface area contributed by atoms with E-state index in [1.165, 1.54) is 17.8 Å². The number of H-pyrrole nitrogens is 1. The van der Waals surface area contributed by atoms with Crippen molar-refractivity contribution in [2.75, 3.05) is 18.0 Å². The summed E-state index contributed by atoms with van der Waals surface area (Å²) in [6.45, 7) is 6.24. The van der Waals surface area contributed by atoms with Crippen molar-refractivity contribution in [3.8, 4) is 33.9 Å². The molecule has 0 unspecified atom stereocenters. The van der Waals surface area contributed by atoms with Gasteiger partial charge in [0.1, 0.15) is 11.6 Å². The Bertz CT molecular complexity index is 1070. The van der Waals surface area contributed by atoms with Gasteiger partial charge in [-0.2, -0.15) is 0 Å². The zero-order valence-corrected chi connectivity index (χ0v) is 16.6. The number of hydrogen-bond acceptors (Lipinski definition) is 3. The van der Waals surface area contributed by atoms with E-state index in [9.17, 15) is 4.39 Å². The first kappa shape index (κ1) is 18.9. The zero-order valence-electron chi connectivity index (χ0n) is 16.6. The molecule has 0 aliphatic heterocycles. The first-order chi connectivity index (χ1) is 14.2. The maximum Gasteiger partial charge on any atom is 0.138 e. The maximum atomic E-state index is 13.4. The summed E-state index contributed by atoms with van der Waals surface area (Å²) in [6, 6.07) is 18.7.